The molecule has 4 heteroatoms. The molecular formula is C21H23N3O. The zero-order valence-electron chi connectivity index (χ0n) is 14.9. The summed E-state index contributed by atoms with van der Waals surface area (Å²) in [7, 11) is 1.65. The summed E-state index contributed by atoms with van der Waals surface area (Å²) in [6.45, 7) is 9.05. The van der Waals surface area contributed by atoms with Gasteiger partial charge in [0.15, 0.2) is 0 Å². The molecule has 0 bridgehead atoms. The number of hydrogen-bond donors (Lipinski definition) is 0. The van der Waals surface area contributed by atoms with Crippen LogP contribution in [0.4, 0.5) is 11.4 Å². The molecule has 0 saturated carbocycles. The smallest absolute Gasteiger partial charge is 0.119 e. The Labute approximate surface area is 149 Å². The molecule has 0 N–H and O–H groups in total. The summed E-state index contributed by atoms with van der Waals surface area (Å²) in [6.07, 6.45) is 3.76. The Morgan fingerprint density at radius 2 is 1.84 bits per heavy atom. The van der Waals surface area contributed by atoms with E-state index in [-0.39, 0.29) is 5.41 Å². The van der Waals surface area contributed by atoms with E-state index in [0.29, 0.717) is 0 Å². The van der Waals surface area contributed by atoms with Crippen LogP contribution >= 0.6 is 0 Å². The van der Waals surface area contributed by atoms with Crippen molar-refractivity contribution in [3.8, 4) is 5.75 Å². The Hall–Kier alpha value is -2.88. The van der Waals surface area contributed by atoms with Crippen molar-refractivity contribution in [1.29, 1.82) is 0 Å². The SMILES string of the molecule is C=CCN1C(=CN=Nc2ccc(OC)cc2)C(C)(C)c2ccccc21. The molecule has 2 aromatic rings. The van der Waals surface area contributed by atoms with Crippen molar-refractivity contribution < 1.29 is 4.74 Å². The molecule has 0 spiro atoms. The summed E-state index contributed by atoms with van der Waals surface area (Å²) in [5, 5.41) is 8.65. The van der Waals surface area contributed by atoms with E-state index in [9.17, 15) is 0 Å². The highest BCUT2D eigenvalue weighted by molar-refractivity contribution is 5.70. The van der Waals surface area contributed by atoms with E-state index in [1.54, 1.807) is 7.11 Å². The first-order valence-corrected chi connectivity index (χ1v) is 8.31. The maximum atomic E-state index is 5.16. The summed E-state index contributed by atoms with van der Waals surface area (Å²) in [5.74, 6) is 0.807. The number of anilines is 1. The predicted octanol–water partition coefficient (Wildman–Crippen LogP) is 5.60. The van der Waals surface area contributed by atoms with Gasteiger partial charge in [0.2, 0.25) is 0 Å². The summed E-state index contributed by atoms with van der Waals surface area (Å²) in [4.78, 5) is 2.25. The average Bonchev–Trinajstić information content (AvgIpc) is 2.84. The van der Waals surface area contributed by atoms with E-state index in [0.717, 1.165) is 23.7 Å². The molecule has 128 valence electrons. The Morgan fingerprint density at radius 3 is 2.52 bits per heavy atom. The summed E-state index contributed by atoms with van der Waals surface area (Å²) >= 11 is 0. The Balaban J connectivity index is 1.92. The van der Waals surface area contributed by atoms with Crippen LogP contribution in [0.2, 0.25) is 0 Å². The summed E-state index contributed by atoms with van der Waals surface area (Å²) in [6, 6.07) is 16.0. The van der Waals surface area contributed by atoms with Gasteiger partial charge in [0.1, 0.15) is 5.75 Å². The van der Waals surface area contributed by atoms with Crippen LogP contribution in [0.5, 0.6) is 5.75 Å². The quantitative estimate of drug-likeness (QED) is 0.527. The largest absolute Gasteiger partial charge is 0.497 e. The first kappa shape index (κ1) is 17.0. The van der Waals surface area contributed by atoms with E-state index in [1.807, 2.05) is 36.5 Å². The zero-order valence-corrected chi connectivity index (χ0v) is 14.9. The molecule has 25 heavy (non-hydrogen) atoms. The van der Waals surface area contributed by atoms with Crippen LogP contribution in [-0.2, 0) is 5.41 Å². The van der Waals surface area contributed by atoms with Gasteiger partial charge in [-0.3, -0.25) is 0 Å². The van der Waals surface area contributed by atoms with Crippen LogP contribution in [0.15, 0.2) is 83.3 Å². The van der Waals surface area contributed by atoms with Gasteiger partial charge in [0.05, 0.1) is 19.0 Å². The van der Waals surface area contributed by atoms with Gasteiger partial charge >= 0.3 is 0 Å². The molecule has 0 aromatic heterocycles. The molecule has 0 saturated heterocycles. The van der Waals surface area contributed by atoms with Gasteiger partial charge in [-0.25, -0.2) is 0 Å². The average molecular weight is 333 g/mol. The molecule has 4 nitrogen and oxygen atoms in total. The van der Waals surface area contributed by atoms with Gasteiger partial charge in [0.25, 0.3) is 0 Å². The minimum absolute atomic E-state index is 0.126. The normalized spacial score (nSPS) is 17.1. The fraction of sp³-hybridized carbons (Fsp3) is 0.238. The summed E-state index contributed by atoms with van der Waals surface area (Å²) in [5.41, 5.74) is 4.28. The molecule has 2 aromatic carbocycles. The lowest BCUT2D eigenvalue weighted by Crippen LogP contribution is -2.26. The maximum absolute atomic E-state index is 5.16. The van der Waals surface area contributed by atoms with Crippen LogP contribution in [0.25, 0.3) is 0 Å². The van der Waals surface area contributed by atoms with Crippen molar-refractivity contribution in [2.45, 2.75) is 19.3 Å². The van der Waals surface area contributed by atoms with Gasteiger partial charge in [-0.1, -0.05) is 38.1 Å². The Kier molecular flexibility index (Phi) is 4.70. The van der Waals surface area contributed by atoms with Crippen LogP contribution in [0, 0.1) is 0 Å². The third-order valence-electron chi connectivity index (χ3n) is 4.54. The van der Waals surface area contributed by atoms with Gasteiger partial charge < -0.3 is 9.64 Å². The number of azo groups is 1. The number of hydrogen-bond acceptors (Lipinski definition) is 4. The van der Waals surface area contributed by atoms with E-state index >= 15 is 0 Å². The van der Waals surface area contributed by atoms with Crippen LogP contribution in [0.3, 0.4) is 0 Å². The van der Waals surface area contributed by atoms with Crippen LogP contribution in [0.1, 0.15) is 19.4 Å². The first-order valence-electron chi connectivity index (χ1n) is 8.31. The second-order valence-corrected chi connectivity index (χ2v) is 6.47. The number of ether oxygens (including phenoxy) is 1. The number of allylic oxidation sites excluding steroid dienone is 1. The van der Waals surface area contributed by atoms with Crippen LogP contribution in [-0.4, -0.2) is 13.7 Å². The van der Waals surface area contributed by atoms with Crippen molar-refractivity contribution in [2.75, 3.05) is 18.6 Å². The third-order valence-corrected chi connectivity index (χ3v) is 4.54. The predicted molar refractivity (Wildman–Crippen MR) is 103 cm³/mol. The zero-order chi connectivity index (χ0) is 17.9. The first-order chi connectivity index (χ1) is 12.1. The lowest BCUT2D eigenvalue weighted by Gasteiger charge is -2.25. The van der Waals surface area contributed by atoms with Gasteiger partial charge in [0, 0.05) is 23.3 Å². The number of nitrogens with zero attached hydrogens (tertiary/aromatic N) is 3. The van der Waals surface area contributed by atoms with E-state index in [1.165, 1.54) is 11.3 Å². The summed E-state index contributed by atoms with van der Waals surface area (Å²) < 4.78 is 5.16. The number of rotatable bonds is 5. The fourth-order valence-corrected chi connectivity index (χ4v) is 3.20. The lowest BCUT2D eigenvalue weighted by atomic mass is 9.84. The third kappa shape index (κ3) is 3.20. The molecular weight excluding hydrogens is 310 g/mol. The fourth-order valence-electron chi connectivity index (χ4n) is 3.20. The van der Waals surface area contributed by atoms with Crippen molar-refractivity contribution in [1.82, 2.24) is 0 Å². The minimum atomic E-state index is -0.126. The molecule has 0 atom stereocenters. The number of fused-ring (bicyclic) bond motifs is 1. The number of benzene rings is 2. The molecule has 0 radical (unpaired) electrons. The molecule has 0 fully saturated rings. The van der Waals surface area contributed by atoms with Crippen molar-refractivity contribution in [2.24, 2.45) is 10.2 Å². The highest BCUT2D eigenvalue weighted by Gasteiger charge is 2.39. The Morgan fingerprint density at radius 1 is 1.12 bits per heavy atom. The van der Waals surface area contributed by atoms with Crippen molar-refractivity contribution in [3.05, 3.63) is 78.6 Å². The molecule has 0 unspecified atom stereocenters. The highest BCUT2D eigenvalue weighted by atomic mass is 16.5. The second-order valence-electron chi connectivity index (χ2n) is 6.47. The van der Waals surface area contributed by atoms with E-state index in [4.69, 9.17) is 4.74 Å². The molecule has 3 rings (SSSR count). The van der Waals surface area contributed by atoms with Gasteiger partial charge in [-0.2, -0.15) is 10.2 Å². The van der Waals surface area contributed by atoms with E-state index < -0.39 is 0 Å². The van der Waals surface area contributed by atoms with Crippen molar-refractivity contribution >= 4 is 11.4 Å². The molecule has 0 amide bonds. The van der Waals surface area contributed by atoms with Crippen LogP contribution < -0.4 is 9.64 Å². The highest BCUT2D eigenvalue weighted by Crippen LogP contribution is 2.47. The number of para-hydroxylation sites is 1. The lowest BCUT2D eigenvalue weighted by molar-refractivity contribution is 0.415. The monoisotopic (exact) mass is 333 g/mol. The Bertz CT molecular complexity index is 819. The second kappa shape index (κ2) is 6.93. The standard InChI is InChI=1S/C21H23N3O/c1-5-14-24-19-9-7-6-8-18(19)21(2,3)20(24)15-22-23-16-10-12-17(25-4)13-11-16/h5-13,15H,1,14H2,2-4H3. The molecule has 0 aliphatic carbocycles. The number of methoxy groups -OCH3 is 1. The molecule has 1 aliphatic heterocycles. The van der Waals surface area contributed by atoms with Crippen molar-refractivity contribution in [3.63, 3.8) is 0 Å². The maximum Gasteiger partial charge on any atom is 0.119 e. The van der Waals surface area contributed by atoms with Gasteiger partial charge in [-0.05, 0) is 35.9 Å². The topological polar surface area (TPSA) is 37.2 Å². The molecule has 1 heterocycles. The molecule has 1 aliphatic rings. The van der Waals surface area contributed by atoms with Gasteiger partial charge in [-0.15, -0.1) is 6.58 Å². The minimum Gasteiger partial charge on any atom is -0.497 e. The van der Waals surface area contributed by atoms with E-state index in [2.05, 4.69) is 59.8 Å².